The second-order valence-electron chi connectivity index (χ2n) is 4.56. The van der Waals surface area contributed by atoms with Gasteiger partial charge in [0.25, 0.3) is 0 Å². The van der Waals surface area contributed by atoms with E-state index in [1.807, 2.05) is 19.1 Å². The average molecular weight is 220 g/mol. The lowest BCUT2D eigenvalue weighted by Gasteiger charge is -2.11. The molecule has 0 heterocycles. The molecule has 0 spiro atoms. The maximum Gasteiger partial charge on any atom is 0.102 e. The molecule has 1 aliphatic rings. The summed E-state index contributed by atoms with van der Waals surface area (Å²) in [6, 6.07) is 8.29. The van der Waals surface area contributed by atoms with Crippen LogP contribution in [-0.2, 0) is 11.2 Å². The fourth-order valence-electron chi connectivity index (χ4n) is 1.86. The molecule has 2 nitrogen and oxygen atoms in total. The van der Waals surface area contributed by atoms with Gasteiger partial charge in [-0.2, -0.15) is 0 Å². The molecule has 0 amide bonds. The highest BCUT2D eigenvalue weighted by molar-refractivity contribution is 5.25. The van der Waals surface area contributed by atoms with Crippen LogP contribution in [0.4, 0.5) is 0 Å². The Kier molecular flexibility index (Phi) is 3.97. The predicted molar refractivity (Wildman–Crippen MR) is 64.3 cm³/mol. The Balaban J connectivity index is 1.89. The van der Waals surface area contributed by atoms with E-state index in [4.69, 9.17) is 4.74 Å². The van der Waals surface area contributed by atoms with Crippen molar-refractivity contribution in [2.75, 3.05) is 13.2 Å². The zero-order valence-electron chi connectivity index (χ0n) is 9.86. The van der Waals surface area contributed by atoms with Crippen LogP contribution in [0.15, 0.2) is 24.3 Å². The molecule has 1 aliphatic carbocycles. The minimum atomic E-state index is -0.491. The summed E-state index contributed by atoms with van der Waals surface area (Å²) in [5.74, 6) is 0.916. The molecule has 1 atom stereocenters. The molecule has 2 rings (SSSR count). The largest absolute Gasteiger partial charge is 0.386 e. The number of hydrogen-bond donors (Lipinski definition) is 1. The van der Waals surface area contributed by atoms with Crippen molar-refractivity contribution in [3.63, 3.8) is 0 Å². The van der Waals surface area contributed by atoms with Crippen molar-refractivity contribution in [3.8, 4) is 0 Å². The average Bonchev–Trinajstić information content (AvgIpc) is 3.11. The van der Waals surface area contributed by atoms with Crippen molar-refractivity contribution in [2.45, 2.75) is 32.3 Å². The van der Waals surface area contributed by atoms with Crippen LogP contribution in [0.25, 0.3) is 0 Å². The van der Waals surface area contributed by atoms with Crippen LogP contribution in [0.2, 0.25) is 0 Å². The second-order valence-corrected chi connectivity index (χ2v) is 4.56. The lowest BCUT2D eigenvalue weighted by atomic mass is 10.0. The topological polar surface area (TPSA) is 29.5 Å². The lowest BCUT2D eigenvalue weighted by molar-refractivity contribution is 0.0420. The van der Waals surface area contributed by atoms with Gasteiger partial charge in [-0.25, -0.2) is 0 Å². The maximum atomic E-state index is 9.81. The third-order valence-corrected chi connectivity index (χ3v) is 3.07. The predicted octanol–water partition coefficient (Wildman–Crippen LogP) is 2.71. The Bertz CT molecular complexity index is 314. The summed E-state index contributed by atoms with van der Waals surface area (Å²) in [6.07, 6.45) is 3.47. The Labute approximate surface area is 97.3 Å². The number of benzene rings is 1. The minimum Gasteiger partial charge on any atom is -0.386 e. The summed E-state index contributed by atoms with van der Waals surface area (Å²) in [6.45, 7) is 2.97. The molecule has 1 saturated carbocycles. The molecule has 0 aromatic heterocycles. The molecule has 0 radical (unpaired) electrons. The highest BCUT2D eigenvalue weighted by Gasteiger charge is 2.21. The van der Waals surface area contributed by atoms with Gasteiger partial charge in [0.2, 0.25) is 0 Å². The monoisotopic (exact) mass is 220 g/mol. The molecule has 1 aromatic rings. The van der Waals surface area contributed by atoms with E-state index in [-0.39, 0.29) is 0 Å². The summed E-state index contributed by atoms with van der Waals surface area (Å²) in [5.41, 5.74) is 2.34. The lowest BCUT2D eigenvalue weighted by Crippen LogP contribution is -2.07. The highest BCUT2D eigenvalue weighted by Crippen LogP contribution is 2.32. The van der Waals surface area contributed by atoms with Crippen molar-refractivity contribution < 1.29 is 9.84 Å². The normalized spacial score (nSPS) is 17.4. The Morgan fingerprint density at radius 2 is 2.00 bits per heavy atom. The first-order valence-corrected chi connectivity index (χ1v) is 6.14. The van der Waals surface area contributed by atoms with Gasteiger partial charge in [0.1, 0.15) is 6.10 Å². The van der Waals surface area contributed by atoms with E-state index < -0.39 is 6.10 Å². The zero-order valence-corrected chi connectivity index (χ0v) is 9.86. The Hall–Kier alpha value is -0.860. The van der Waals surface area contributed by atoms with Crippen molar-refractivity contribution >= 4 is 0 Å². The highest BCUT2D eigenvalue weighted by atomic mass is 16.5. The Morgan fingerprint density at radius 3 is 2.56 bits per heavy atom. The van der Waals surface area contributed by atoms with Crippen molar-refractivity contribution in [2.24, 2.45) is 5.92 Å². The van der Waals surface area contributed by atoms with Gasteiger partial charge in [-0.15, -0.1) is 0 Å². The molecule has 2 heteroatoms. The van der Waals surface area contributed by atoms with Crippen LogP contribution in [0.1, 0.15) is 37.0 Å². The Morgan fingerprint density at radius 1 is 1.31 bits per heavy atom. The van der Waals surface area contributed by atoms with Crippen LogP contribution >= 0.6 is 0 Å². The van der Waals surface area contributed by atoms with Crippen LogP contribution in [0.5, 0.6) is 0 Å². The van der Waals surface area contributed by atoms with Crippen LogP contribution in [0.3, 0.4) is 0 Å². The standard InChI is InChI=1S/C14H20O2/c1-2-16-10-14(15)13-7-5-12(6-8-13)9-11-3-4-11/h5-8,11,14-15H,2-4,9-10H2,1H3. The van der Waals surface area contributed by atoms with Gasteiger partial charge in [-0.1, -0.05) is 24.3 Å². The van der Waals surface area contributed by atoms with Crippen LogP contribution in [-0.4, -0.2) is 18.3 Å². The number of aliphatic hydroxyl groups excluding tert-OH is 1. The molecule has 0 aliphatic heterocycles. The van der Waals surface area contributed by atoms with Gasteiger partial charge in [0.15, 0.2) is 0 Å². The van der Waals surface area contributed by atoms with E-state index in [9.17, 15) is 5.11 Å². The molecular weight excluding hydrogens is 200 g/mol. The number of rotatable bonds is 6. The van der Waals surface area contributed by atoms with E-state index in [1.54, 1.807) is 0 Å². The first-order valence-electron chi connectivity index (χ1n) is 6.14. The molecule has 16 heavy (non-hydrogen) atoms. The molecule has 88 valence electrons. The summed E-state index contributed by atoms with van der Waals surface area (Å²) in [5, 5.41) is 9.81. The minimum absolute atomic E-state index is 0.387. The zero-order chi connectivity index (χ0) is 11.4. The van der Waals surface area contributed by atoms with Gasteiger partial charge in [-0.05, 0) is 43.2 Å². The molecule has 1 fully saturated rings. The smallest absolute Gasteiger partial charge is 0.102 e. The number of ether oxygens (including phenoxy) is 1. The molecule has 1 unspecified atom stereocenters. The summed E-state index contributed by atoms with van der Waals surface area (Å²) < 4.78 is 5.20. The number of hydrogen-bond acceptors (Lipinski definition) is 2. The first kappa shape index (κ1) is 11.6. The van der Waals surface area contributed by atoms with Crippen molar-refractivity contribution in [1.29, 1.82) is 0 Å². The van der Waals surface area contributed by atoms with Gasteiger partial charge in [0.05, 0.1) is 6.61 Å². The van der Waals surface area contributed by atoms with Gasteiger partial charge in [-0.3, -0.25) is 0 Å². The third-order valence-electron chi connectivity index (χ3n) is 3.07. The fourth-order valence-corrected chi connectivity index (χ4v) is 1.86. The summed E-state index contributed by atoms with van der Waals surface area (Å²) >= 11 is 0. The second kappa shape index (κ2) is 5.46. The third kappa shape index (κ3) is 3.32. The maximum absolute atomic E-state index is 9.81. The van der Waals surface area contributed by atoms with E-state index in [2.05, 4.69) is 12.1 Å². The molecule has 1 N–H and O–H groups in total. The molecule has 0 bridgehead atoms. The number of aliphatic hydroxyl groups is 1. The summed E-state index contributed by atoms with van der Waals surface area (Å²) in [4.78, 5) is 0. The van der Waals surface area contributed by atoms with Crippen LogP contribution < -0.4 is 0 Å². The quantitative estimate of drug-likeness (QED) is 0.798. The van der Waals surface area contributed by atoms with Gasteiger partial charge in [0, 0.05) is 6.61 Å². The van der Waals surface area contributed by atoms with E-state index in [0.717, 1.165) is 11.5 Å². The van der Waals surface area contributed by atoms with Crippen LogP contribution in [0, 0.1) is 5.92 Å². The van der Waals surface area contributed by atoms with Gasteiger partial charge >= 0.3 is 0 Å². The first-order chi connectivity index (χ1) is 7.79. The summed E-state index contributed by atoms with van der Waals surface area (Å²) in [7, 11) is 0. The molecule has 1 aromatic carbocycles. The molecule has 0 saturated heterocycles. The van der Waals surface area contributed by atoms with Crippen molar-refractivity contribution in [1.82, 2.24) is 0 Å². The van der Waals surface area contributed by atoms with E-state index in [0.29, 0.717) is 13.2 Å². The van der Waals surface area contributed by atoms with E-state index in [1.165, 1.54) is 24.8 Å². The van der Waals surface area contributed by atoms with E-state index >= 15 is 0 Å². The fraction of sp³-hybridized carbons (Fsp3) is 0.571. The molecular formula is C14H20O2. The van der Waals surface area contributed by atoms with Gasteiger partial charge < -0.3 is 9.84 Å². The van der Waals surface area contributed by atoms with Crippen molar-refractivity contribution in [3.05, 3.63) is 35.4 Å². The SMILES string of the molecule is CCOCC(O)c1ccc(CC2CC2)cc1.